The molecule has 0 N–H and O–H groups in total. The Morgan fingerprint density at radius 3 is 2.58 bits per heavy atom. The number of hydrogen-bond donors (Lipinski definition) is 0. The second kappa shape index (κ2) is 8.72. The highest BCUT2D eigenvalue weighted by Gasteiger charge is 2.30. The van der Waals surface area contributed by atoms with Gasteiger partial charge in [-0.3, -0.25) is 9.80 Å². The van der Waals surface area contributed by atoms with Crippen LogP contribution in [0.1, 0.15) is 69.8 Å². The van der Waals surface area contributed by atoms with E-state index in [4.69, 9.17) is 0 Å². The van der Waals surface area contributed by atoms with Crippen LogP contribution < -0.4 is 0 Å². The van der Waals surface area contributed by atoms with Gasteiger partial charge in [0.05, 0.1) is 12.1 Å². The second-order valence-corrected chi connectivity index (χ2v) is 7.20. The smallest absolute Gasteiger partial charge is 0.168 e. The fourth-order valence-electron chi connectivity index (χ4n) is 4.19. The molecule has 0 unspecified atom stereocenters. The number of hydrogen-bond acceptors (Lipinski definition) is 5. The molecule has 2 heterocycles. The molecular weight excluding hydrogens is 300 g/mol. The van der Waals surface area contributed by atoms with E-state index in [1.807, 2.05) is 6.08 Å². The summed E-state index contributed by atoms with van der Waals surface area (Å²) in [6, 6.07) is 0.864. The molecule has 1 aliphatic heterocycles. The molecule has 6 heteroatoms. The summed E-state index contributed by atoms with van der Waals surface area (Å²) < 4.78 is 2.16. The van der Waals surface area contributed by atoms with Crippen LogP contribution in [0.25, 0.3) is 0 Å². The van der Waals surface area contributed by atoms with Crippen LogP contribution in [0.2, 0.25) is 0 Å². The van der Waals surface area contributed by atoms with Gasteiger partial charge in [0.2, 0.25) is 0 Å². The van der Waals surface area contributed by atoms with E-state index < -0.39 is 0 Å². The van der Waals surface area contributed by atoms with E-state index in [1.165, 1.54) is 32.1 Å². The summed E-state index contributed by atoms with van der Waals surface area (Å²) >= 11 is 0. The molecule has 0 amide bonds. The lowest BCUT2D eigenvalue weighted by atomic mass is 9.95. The molecule has 2 aliphatic rings. The molecule has 1 saturated heterocycles. The van der Waals surface area contributed by atoms with Gasteiger partial charge in [-0.15, -0.1) is 11.7 Å². The highest BCUT2D eigenvalue weighted by molar-refractivity contribution is 4.97. The van der Waals surface area contributed by atoms with E-state index in [0.717, 1.165) is 51.4 Å². The van der Waals surface area contributed by atoms with Crippen LogP contribution in [0.15, 0.2) is 12.7 Å². The van der Waals surface area contributed by atoms with E-state index in [1.54, 1.807) is 0 Å². The number of nitrogens with zero attached hydrogens (tertiary/aromatic N) is 6. The Hall–Kier alpha value is -1.27. The van der Waals surface area contributed by atoms with E-state index in [2.05, 4.69) is 43.5 Å². The Morgan fingerprint density at radius 2 is 1.92 bits per heavy atom. The first-order valence-electron chi connectivity index (χ1n) is 9.68. The van der Waals surface area contributed by atoms with E-state index in [0.29, 0.717) is 12.1 Å². The van der Waals surface area contributed by atoms with Gasteiger partial charge in [0.15, 0.2) is 5.82 Å². The molecule has 2 fully saturated rings. The Bertz CT molecular complexity index is 499. The molecule has 0 radical (unpaired) electrons. The summed E-state index contributed by atoms with van der Waals surface area (Å²) in [5.74, 6) is 1.10. The van der Waals surface area contributed by atoms with Crippen molar-refractivity contribution in [1.82, 2.24) is 30.0 Å². The van der Waals surface area contributed by atoms with Crippen molar-refractivity contribution >= 4 is 0 Å². The normalized spacial score (nSPS) is 22.5. The van der Waals surface area contributed by atoms with Crippen LogP contribution in [0.4, 0.5) is 0 Å². The summed E-state index contributed by atoms with van der Waals surface area (Å²) in [5.41, 5.74) is 0. The second-order valence-electron chi connectivity index (χ2n) is 7.20. The third-order valence-corrected chi connectivity index (χ3v) is 5.53. The fraction of sp³-hybridized carbons (Fsp3) is 0.833. The molecule has 1 saturated carbocycles. The lowest BCUT2D eigenvalue weighted by molar-refractivity contribution is 0.0902. The van der Waals surface area contributed by atoms with E-state index >= 15 is 0 Å². The highest BCUT2D eigenvalue weighted by Crippen LogP contribution is 2.32. The van der Waals surface area contributed by atoms with Crippen LogP contribution in [0, 0.1) is 0 Å². The lowest BCUT2D eigenvalue weighted by Gasteiger charge is -2.38. The average Bonchev–Trinajstić information content (AvgIpc) is 3.11. The first kappa shape index (κ1) is 17.5. The van der Waals surface area contributed by atoms with Gasteiger partial charge in [-0.2, -0.15) is 0 Å². The molecule has 0 spiro atoms. The molecule has 0 aromatic carbocycles. The molecule has 1 aromatic heterocycles. The summed E-state index contributed by atoms with van der Waals surface area (Å²) in [4.78, 5) is 5.06. The first-order valence-corrected chi connectivity index (χ1v) is 9.68. The maximum Gasteiger partial charge on any atom is 0.168 e. The average molecular weight is 332 g/mol. The summed E-state index contributed by atoms with van der Waals surface area (Å²) in [6.07, 6.45) is 10.7. The zero-order valence-corrected chi connectivity index (χ0v) is 15.1. The van der Waals surface area contributed by atoms with Crippen LogP contribution in [0.3, 0.4) is 0 Å². The van der Waals surface area contributed by atoms with Gasteiger partial charge in [0.25, 0.3) is 0 Å². The van der Waals surface area contributed by atoms with Crippen molar-refractivity contribution in [2.75, 3.05) is 32.7 Å². The summed E-state index contributed by atoms with van der Waals surface area (Å²) in [7, 11) is 0. The molecule has 1 atom stereocenters. The van der Waals surface area contributed by atoms with Gasteiger partial charge in [-0.25, -0.2) is 4.68 Å². The first-order chi connectivity index (χ1) is 11.8. The minimum atomic E-state index is 0.359. The monoisotopic (exact) mass is 332 g/mol. The minimum absolute atomic E-state index is 0.359. The Balaban J connectivity index is 1.72. The van der Waals surface area contributed by atoms with Crippen LogP contribution in [0.5, 0.6) is 0 Å². The molecular formula is C18H32N6. The van der Waals surface area contributed by atoms with Crippen molar-refractivity contribution in [3.05, 3.63) is 18.5 Å². The van der Waals surface area contributed by atoms with Crippen molar-refractivity contribution in [2.45, 2.75) is 64.0 Å². The predicted molar refractivity (Wildman–Crippen MR) is 95.8 cm³/mol. The number of aromatic nitrogens is 4. The summed E-state index contributed by atoms with van der Waals surface area (Å²) in [5, 5.41) is 12.9. The maximum absolute atomic E-state index is 4.47. The fourth-order valence-corrected chi connectivity index (χ4v) is 4.19. The van der Waals surface area contributed by atoms with Gasteiger partial charge in [-0.1, -0.05) is 38.7 Å². The summed E-state index contributed by atoms with van der Waals surface area (Å²) in [6.45, 7) is 11.5. The number of piperazine rings is 1. The number of rotatable bonds is 7. The highest BCUT2D eigenvalue weighted by atomic mass is 15.6. The van der Waals surface area contributed by atoms with Crippen molar-refractivity contribution in [1.29, 1.82) is 0 Å². The Labute approximate surface area is 145 Å². The molecule has 1 aliphatic carbocycles. The Morgan fingerprint density at radius 1 is 1.17 bits per heavy atom. The quantitative estimate of drug-likeness (QED) is 0.719. The van der Waals surface area contributed by atoms with Gasteiger partial charge in [0, 0.05) is 32.7 Å². The zero-order chi connectivity index (χ0) is 16.8. The Kier molecular flexibility index (Phi) is 6.37. The van der Waals surface area contributed by atoms with Gasteiger partial charge in [-0.05, 0) is 29.7 Å². The molecule has 24 heavy (non-hydrogen) atoms. The number of tetrazole rings is 1. The largest absolute Gasteiger partial charge is 0.297 e. The molecule has 134 valence electrons. The predicted octanol–water partition coefficient (Wildman–Crippen LogP) is 2.82. The van der Waals surface area contributed by atoms with Crippen molar-refractivity contribution in [3.63, 3.8) is 0 Å². The third-order valence-electron chi connectivity index (χ3n) is 5.53. The van der Waals surface area contributed by atoms with Crippen molar-refractivity contribution in [3.8, 4) is 0 Å². The topological polar surface area (TPSA) is 50.1 Å². The molecule has 6 nitrogen and oxygen atoms in total. The molecule has 3 rings (SSSR count). The maximum atomic E-state index is 4.47. The van der Waals surface area contributed by atoms with Gasteiger partial charge < -0.3 is 0 Å². The minimum Gasteiger partial charge on any atom is -0.297 e. The van der Waals surface area contributed by atoms with E-state index in [9.17, 15) is 0 Å². The van der Waals surface area contributed by atoms with Gasteiger partial charge >= 0.3 is 0 Å². The third kappa shape index (κ3) is 4.03. The van der Waals surface area contributed by atoms with Crippen molar-refractivity contribution < 1.29 is 0 Å². The molecule has 0 bridgehead atoms. The zero-order valence-electron chi connectivity index (χ0n) is 15.1. The lowest BCUT2D eigenvalue weighted by Crippen LogP contribution is -2.48. The van der Waals surface area contributed by atoms with Crippen molar-refractivity contribution in [2.24, 2.45) is 0 Å². The van der Waals surface area contributed by atoms with Crippen LogP contribution in [-0.4, -0.2) is 62.7 Å². The SMILES string of the molecule is C=CCN1CCN([C@@H](CCC)c2nnnn2C2CCCCC2)CC1. The van der Waals surface area contributed by atoms with Gasteiger partial charge in [0.1, 0.15) is 0 Å². The molecule has 1 aromatic rings. The standard InChI is InChI=1S/C18H32N6/c1-3-8-17(23-14-12-22(11-4-2)13-15-23)18-19-20-21-24(18)16-9-6-5-7-10-16/h4,16-17H,2-3,5-15H2,1H3/t17-/m0/s1. The van der Waals surface area contributed by atoms with E-state index in [-0.39, 0.29) is 0 Å². The van der Waals surface area contributed by atoms with Crippen LogP contribution in [-0.2, 0) is 0 Å². The van der Waals surface area contributed by atoms with Crippen LogP contribution >= 0.6 is 0 Å².